The maximum absolute atomic E-state index is 13.0. The monoisotopic (exact) mass is 415 g/mol. The summed E-state index contributed by atoms with van der Waals surface area (Å²) in [6.45, 7) is -0.601. The Morgan fingerprint density at radius 3 is 2.54 bits per heavy atom. The van der Waals surface area contributed by atoms with Gasteiger partial charge in [0.05, 0.1) is 18.4 Å². The highest BCUT2D eigenvalue weighted by Crippen LogP contribution is 2.32. The highest BCUT2D eigenvalue weighted by Gasteiger charge is 2.38. The summed E-state index contributed by atoms with van der Waals surface area (Å²) in [5.74, 6) is 0. The number of alkyl halides is 3. The fraction of sp³-hybridized carbons (Fsp3) is 0.500. The number of sulfonamides is 1. The molecule has 10 heteroatoms. The predicted octanol–water partition coefficient (Wildman–Crippen LogP) is 1.99. The third-order valence-corrected chi connectivity index (χ3v) is 7.13. The lowest BCUT2D eigenvalue weighted by molar-refractivity contribution is -0.142. The molecular weight excluding hydrogens is 395 g/mol. The third kappa shape index (κ3) is 3.94. The average molecular weight is 415 g/mol. The third-order valence-electron chi connectivity index (χ3n) is 5.12. The quantitative estimate of drug-likeness (QED) is 0.756. The standard InChI is InChI=1S/C18H20F3N3O3S/c19-18(20,21)17-14(10-25)9-24(22-17)8-11-1-2-12-6-15(7-13(12)5-11)23-28(26,27)16-3-4-16/h1-2,5,9,15-16,23,25H,3-4,6-8,10H2/t15-/m0/s1. The van der Waals surface area contributed by atoms with Crippen molar-refractivity contribution in [2.45, 2.75) is 56.3 Å². The second-order valence-corrected chi connectivity index (χ2v) is 9.42. The van der Waals surface area contributed by atoms with Crippen LogP contribution in [0.5, 0.6) is 0 Å². The average Bonchev–Trinajstić information content (AvgIpc) is 3.28. The van der Waals surface area contributed by atoms with E-state index in [1.807, 2.05) is 18.2 Å². The van der Waals surface area contributed by atoms with Gasteiger partial charge in [-0.2, -0.15) is 18.3 Å². The molecule has 1 heterocycles. The van der Waals surface area contributed by atoms with Gasteiger partial charge in [-0.05, 0) is 42.4 Å². The number of aliphatic hydroxyl groups is 1. The zero-order valence-corrected chi connectivity index (χ0v) is 15.7. The first-order valence-electron chi connectivity index (χ1n) is 9.02. The van der Waals surface area contributed by atoms with Crippen LogP contribution in [0.4, 0.5) is 13.2 Å². The molecule has 1 aromatic heterocycles. The molecule has 0 amide bonds. The van der Waals surface area contributed by atoms with Gasteiger partial charge in [-0.25, -0.2) is 13.1 Å². The molecule has 152 valence electrons. The van der Waals surface area contributed by atoms with Crippen molar-refractivity contribution in [1.82, 2.24) is 14.5 Å². The minimum Gasteiger partial charge on any atom is -0.392 e. The number of aliphatic hydroxyl groups excluding tert-OH is 1. The van der Waals surface area contributed by atoms with E-state index in [0.29, 0.717) is 25.7 Å². The van der Waals surface area contributed by atoms with Crippen LogP contribution in [0.15, 0.2) is 24.4 Å². The number of fused-ring (bicyclic) bond motifs is 1. The Balaban J connectivity index is 1.48. The molecule has 0 saturated heterocycles. The minimum atomic E-state index is -4.62. The van der Waals surface area contributed by atoms with Crippen molar-refractivity contribution in [3.8, 4) is 0 Å². The Hall–Kier alpha value is -1.91. The molecule has 0 bridgehead atoms. The molecule has 1 atom stereocenters. The summed E-state index contributed by atoms with van der Waals surface area (Å²) < 4.78 is 67.1. The Morgan fingerprint density at radius 2 is 1.93 bits per heavy atom. The van der Waals surface area contributed by atoms with Crippen molar-refractivity contribution in [1.29, 1.82) is 0 Å². The molecule has 1 aromatic carbocycles. The first-order chi connectivity index (χ1) is 13.2. The minimum absolute atomic E-state index is 0.134. The van der Waals surface area contributed by atoms with Crippen molar-refractivity contribution in [3.63, 3.8) is 0 Å². The first kappa shape index (κ1) is 19.4. The smallest absolute Gasteiger partial charge is 0.392 e. The number of hydrogen-bond donors (Lipinski definition) is 2. The van der Waals surface area contributed by atoms with E-state index >= 15 is 0 Å². The summed E-state index contributed by atoms with van der Waals surface area (Å²) in [6.07, 6.45) is -0.840. The molecule has 2 aliphatic carbocycles. The Kier molecular flexibility index (Phi) is 4.75. The lowest BCUT2D eigenvalue weighted by atomic mass is 10.1. The van der Waals surface area contributed by atoms with Crippen LogP contribution in [0.2, 0.25) is 0 Å². The van der Waals surface area contributed by atoms with Crippen molar-refractivity contribution >= 4 is 10.0 Å². The second kappa shape index (κ2) is 6.85. The number of nitrogens with one attached hydrogen (secondary N) is 1. The number of halogens is 3. The van der Waals surface area contributed by atoms with Crippen LogP contribution in [-0.4, -0.2) is 34.6 Å². The molecule has 6 nitrogen and oxygen atoms in total. The van der Waals surface area contributed by atoms with E-state index in [4.69, 9.17) is 5.11 Å². The zero-order chi connectivity index (χ0) is 20.1. The van der Waals surface area contributed by atoms with E-state index in [-0.39, 0.29) is 23.4 Å². The molecule has 2 aliphatic rings. The van der Waals surface area contributed by atoms with Gasteiger partial charge in [-0.3, -0.25) is 4.68 Å². The summed E-state index contributed by atoms with van der Waals surface area (Å²) in [7, 11) is -3.26. The summed E-state index contributed by atoms with van der Waals surface area (Å²) in [6, 6.07) is 5.40. The maximum Gasteiger partial charge on any atom is 0.435 e. The molecule has 0 radical (unpaired) electrons. The Morgan fingerprint density at radius 1 is 1.21 bits per heavy atom. The SMILES string of the molecule is O=S(=O)(N[C@H]1Cc2ccc(Cn3cc(CO)c(C(F)(F)F)n3)cc2C1)C1CC1. The summed E-state index contributed by atoms with van der Waals surface area (Å²) in [4.78, 5) is 0. The van der Waals surface area contributed by atoms with E-state index in [2.05, 4.69) is 9.82 Å². The molecule has 0 unspecified atom stereocenters. The molecule has 1 fully saturated rings. The van der Waals surface area contributed by atoms with Crippen LogP contribution in [-0.2, 0) is 42.2 Å². The molecule has 1 saturated carbocycles. The topological polar surface area (TPSA) is 84.2 Å². The zero-order valence-electron chi connectivity index (χ0n) is 14.9. The van der Waals surface area contributed by atoms with Gasteiger partial charge in [0.25, 0.3) is 0 Å². The largest absolute Gasteiger partial charge is 0.435 e. The van der Waals surface area contributed by atoms with Gasteiger partial charge in [0.15, 0.2) is 5.69 Å². The predicted molar refractivity (Wildman–Crippen MR) is 95.0 cm³/mol. The van der Waals surface area contributed by atoms with Crippen LogP contribution in [0, 0.1) is 0 Å². The lowest BCUT2D eigenvalue weighted by Crippen LogP contribution is -2.37. The highest BCUT2D eigenvalue weighted by atomic mass is 32.2. The normalized spacial score (nSPS) is 19.8. The summed E-state index contributed by atoms with van der Waals surface area (Å²) in [5, 5.41) is 12.4. The summed E-state index contributed by atoms with van der Waals surface area (Å²) in [5.41, 5.74) is 1.46. The highest BCUT2D eigenvalue weighted by molar-refractivity contribution is 7.90. The molecule has 2 aromatic rings. The molecule has 28 heavy (non-hydrogen) atoms. The van der Waals surface area contributed by atoms with Gasteiger partial charge in [0.1, 0.15) is 0 Å². The maximum atomic E-state index is 13.0. The van der Waals surface area contributed by atoms with Gasteiger partial charge < -0.3 is 5.11 Å². The van der Waals surface area contributed by atoms with Crippen LogP contribution >= 0.6 is 0 Å². The number of hydrogen-bond acceptors (Lipinski definition) is 4. The van der Waals surface area contributed by atoms with Gasteiger partial charge >= 0.3 is 6.18 Å². The Labute approximate surface area is 160 Å². The molecule has 0 spiro atoms. The number of nitrogens with zero attached hydrogens (tertiary/aromatic N) is 2. The van der Waals surface area contributed by atoms with E-state index in [9.17, 15) is 21.6 Å². The van der Waals surface area contributed by atoms with Crippen molar-refractivity contribution in [2.75, 3.05) is 0 Å². The molecular formula is C18H20F3N3O3S. The van der Waals surface area contributed by atoms with Gasteiger partial charge in [-0.1, -0.05) is 18.2 Å². The fourth-order valence-electron chi connectivity index (χ4n) is 3.65. The van der Waals surface area contributed by atoms with Crippen LogP contribution in [0.25, 0.3) is 0 Å². The van der Waals surface area contributed by atoms with Crippen LogP contribution in [0.1, 0.15) is 40.8 Å². The fourth-order valence-corrected chi connectivity index (χ4v) is 5.23. The lowest BCUT2D eigenvalue weighted by Gasteiger charge is -2.11. The molecule has 4 rings (SSSR count). The van der Waals surface area contributed by atoms with Gasteiger partial charge in [-0.15, -0.1) is 0 Å². The number of aromatic nitrogens is 2. The van der Waals surface area contributed by atoms with Crippen molar-refractivity contribution in [2.24, 2.45) is 0 Å². The van der Waals surface area contributed by atoms with E-state index in [1.54, 1.807) is 0 Å². The number of benzene rings is 1. The Bertz CT molecular complexity index is 997. The number of rotatable bonds is 6. The summed E-state index contributed by atoms with van der Waals surface area (Å²) >= 11 is 0. The second-order valence-electron chi connectivity index (χ2n) is 7.43. The van der Waals surface area contributed by atoms with Gasteiger partial charge in [0.2, 0.25) is 10.0 Å². The molecule has 2 N–H and O–H groups in total. The van der Waals surface area contributed by atoms with Gasteiger partial charge in [0, 0.05) is 17.8 Å². The van der Waals surface area contributed by atoms with Crippen LogP contribution in [0.3, 0.4) is 0 Å². The van der Waals surface area contributed by atoms with E-state index < -0.39 is 28.5 Å². The van der Waals surface area contributed by atoms with Crippen molar-refractivity contribution < 1.29 is 26.7 Å². The van der Waals surface area contributed by atoms with Crippen LogP contribution < -0.4 is 4.72 Å². The van der Waals surface area contributed by atoms with E-state index in [1.165, 1.54) is 10.9 Å². The van der Waals surface area contributed by atoms with E-state index in [0.717, 1.165) is 16.7 Å². The molecule has 0 aliphatic heterocycles. The first-order valence-corrected chi connectivity index (χ1v) is 10.6. The van der Waals surface area contributed by atoms with Crippen molar-refractivity contribution in [3.05, 3.63) is 52.3 Å².